The lowest BCUT2D eigenvalue weighted by molar-refractivity contribution is -0.161. The van der Waals surface area contributed by atoms with Crippen molar-refractivity contribution in [2.24, 2.45) is 5.92 Å². The van der Waals surface area contributed by atoms with Crippen LogP contribution in [0, 0.1) is 5.92 Å². The predicted molar refractivity (Wildman–Crippen MR) is 95.0 cm³/mol. The van der Waals surface area contributed by atoms with Gasteiger partial charge in [-0.1, -0.05) is 13.8 Å². The van der Waals surface area contributed by atoms with Crippen LogP contribution in [0.4, 0.5) is 4.79 Å². The van der Waals surface area contributed by atoms with Crippen molar-refractivity contribution >= 4 is 12.1 Å². The van der Waals surface area contributed by atoms with E-state index in [0.29, 0.717) is 13.0 Å². The molecule has 0 aliphatic rings. The van der Waals surface area contributed by atoms with Gasteiger partial charge in [0.1, 0.15) is 17.2 Å². The highest BCUT2D eigenvalue weighted by atomic mass is 16.6. The summed E-state index contributed by atoms with van der Waals surface area (Å²) in [5.74, 6) is -0.590. The van der Waals surface area contributed by atoms with Gasteiger partial charge in [0.05, 0.1) is 0 Å². The van der Waals surface area contributed by atoms with Crippen molar-refractivity contribution in [1.29, 1.82) is 0 Å². The summed E-state index contributed by atoms with van der Waals surface area (Å²) >= 11 is 0. The summed E-state index contributed by atoms with van der Waals surface area (Å²) in [7, 11) is 0. The largest absolute Gasteiger partial charge is 0.458 e. The van der Waals surface area contributed by atoms with Crippen LogP contribution in [-0.4, -0.2) is 39.1 Å². The van der Waals surface area contributed by atoms with Crippen LogP contribution in [0.15, 0.2) is 18.5 Å². The molecule has 7 nitrogen and oxygen atoms in total. The zero-order valence-electron chi connectivity index (χ0n) is 16.3. The van der Waals surface area contributed by atoms with Crippen LogP contribution in [-0.2, 0) is 20.8 Å². The van der Waals surface area contributed by atoms with Gasteiger partial charge >= 0.3 is 12.1 Å². The SMILES string of the molecule is CC(C)C(NC(=O)OC(C)(C)C)C(=O)OC(C)(C)CCn1cccn1. The fourth-order valence-electron chi connectivity index (χ4n) is 2.14. The Morgan fingerprint density at radius 1 is 1.16 bits per heavy atom. The lowest BCUT2D eigenvalue weighted by Gasteiger charge is -2.30. The second-order valence-corrected chi connectivity index (χ2v) is 8.07. The molecule has 1 aromatic rings. The number of esters is 1. The van der Waals surface area contributed by atoms with E-state index in [0.717, 1.165) is 0 Å². The molecular weight excluding hydrogens is 322 g/mol. The first-order chi connectivity index (χ1) is 11.4. The highest BCUT2D eigenvalue weighted by molar-refractivity contribution is 5.82. The fraction of sp³-hybridized carbons (Fsp3) is 0.722. The molecule has 0 spiro atoms. The normalized spacial score (nSPS) is 13.4. The third-order valence-corrected chi connectivity index (χ3v) is 3.47. The number of ether oxygens (including phenoxy) is 2. The third kappa shape index (κ3) is 8.05. The van der Waals surface area contributed by atoms with Crippen molar-refractivity contribution in [3.05, 3.63) is 18.5 Å². The number of carbonyl (C=O) groups is 2. The third-order valence-electron chi connectivity index (χ3n) is 3.47. The summed E-state index contributed by atoms with van der Waals surface area (Å²) in [6.07, 6.45) is 3.55. The van der Waals surface area contributed by atoms with E-state index in [1.807, 2.05) is 40.0 Å². The molecule has 1 rings (SSSR count). The molecule has 0 radical (unpaired) electrons. The van der Waals surface area contributed by atoms with E-state index in [-0.39, 0.29) is 5.92 Å². The molecule has 0 fully saturated rings. The summed E-state index contributed by atoms with van der Waals surface area (Å²) in [4.78, 5) is 24.5. The van der Waals surface area contributed by atoms with Gasteiger partial charge in [0.2, 0.25) is 0 Å². The number of nitrogens with one attached hydrogen (secondary N) is 1. The van der Waals surface area contributed by atoms with Crippen LogP contribution in [0.3, 0.4) is 0 Å². The van der Waals surface area contributed by atoms with Crippen LogP contribution < -0.4 is 5.32 Å². The number of nitrogens with zero attached hydrogens (tertiary/aromatic N) is 2. The molecule has 0 bridgehead atoms. The van der Waals surface area contributed by atoms with Gasteiger partial charge in [-0.25, -0.2) is 9.59 Å². The number of aryl methyl sites for hydroxylation is 1. The molecule has 1 amide bonds. The average Bonchev–Trinajstić information content (AvgIpc) is 2.93. The Kier molecular flexibility index (Phi) is 7.02. The van der Waals surface area contributed by atoms with E-state index in [1.54, 1.807) is 31.6 Å². The number of hydrogen-bond donors (Lipinski definition) is 1. The van der Waals surface area contributed by atoms with Crippen LogP contribution in [0.25, 0.3) is 0 Å². The van der Waals surface area contributed by atoms with Gasteiger partial charge in [-0.2, -0.15) is 5.10 Å². The van der Waals surface area contributed by atoms with Crippen molar-refractivity contribution in [2.75, 3.05) is 0 Å². The smallest absolute Gasteiger partial charge is 0.408 e. The molecule has 0 saturated heterocycles. The zero-order chi connectivity index (χ0) is 19.3. The number of alkyl carbamates (subject to hydrolysis) is 1. The topological polar surface area (TPSA) is 82.5 Å². The monoisotopic (exact) mass is 353 g/mol. The summed E-state index contributed by atoms with van der Waals surface area (Å²) in [6, 6.07) is 1.08. The van der Waals surface area contributed by atoms with Gasteiger partial charge in [0.25, 0.3) is 0 Å². The van der Waals surface area contributed by atoms with Gasteiger partial charge in [0.15, 0.2) is 0 Å². The van der Waals surface area contributed by atoms with Crippen LogP contribution in [0.5, 0.6) is 0 Å². The van der Waals surface area contributed by atoms with Gasteiger partial charge in [-0.05, 0) is 46.6 Å². The molecule has 25 heavy (non-hydrogen) atoms. The van der Waals surface area contributed by atoms with Crippen molar-refractivity contribution in [2.45, 2.75) is 78.7 Å². The molecular formula is C18H31N3O4. The maximum Gasteiger partial charge on any atom is 0.408 e. The van der Waals surface area contributed by atoms with Gasteiger partial charge < -0.3 is 14.8 Å². The number of carbonyl (C=O) groups excluding carboxylic acids is 2. The molecule has 1 heterocycles. The maximum absolute atomic E-state index is 12.5. The first-order valence-corrected chi connectivity index (χ1v) is 8.59. The van der Waals surface area contributed by atoms with E-state index < -0.39 is 29.3 Å². The minimum atomic E-state index is -0.765. The lowest BCUT2D eigenvalue weighted by atomic mass is 10.0. The van der Waals surface area contributed by atoms with E-state index in [1.165, 1.54) is 0 Å². The van der Waals surface area contributed by atoms with Crippen LogP contribution in [0.2, 0.25) is 0 Å². The van der Waals surface area contributed by atoms with E-state index >= 15 is 0 Å². The van der Waals surface area contributed by atoms with Gasteiger partial charge in [-0.15, -0.1) is 0 Å². The molecule has 1 N–H and O–H groups in total. The van der Waals surface area contributed by atoms with Crippen LogP contribution >= 0.6 is 0 Å². The van der Waals surface area contributed by atoms with Crippen molar-refractivity contribution in [3.8, 4) is 0 Å². The Morgan fingerprint density at radius 2 is 1.80 bits per heavy atom. The number of hydrogen-bond acceptors (Lipinski definition) is 5. The van der Waals surface area contributed by atoms with Crippen molar-refractivity contribution in [3.63, 3.8) is 0 Å². The molecule has 0 saturated carbocycles. The Bertz CT molecular complexity index is 559. The number of amides is 1. The van der Waals surface area contributed by atoms with E-state index in [9.17, 15) is 9.59 Å². The first-order valence-electron chi connectivity index (χ1n) is 8.59. The molecule has 142 valence electrons. The Morgan fingerprint density at radius 3 is 2.28 bits per heavy atom. The minimum absolute atomic E-state index is 0.123. The summed E-state index contributed by atoms with van der Waals surface area (Å²) in [6.45, 7) is 13.3. The summed E-state index contributed by atoms with van der Waals surface area (Å²) in [5.41, 5.74) is -1.30. The van der Waals surface area contributed by atoms with Gasteiger partial charge in [-0.3, -0.25) is 4.68 Å². The first kappa shape index (κ1) is 21.0. The van der Waals surface area contributed by atoms with E-state index in [2.05, 4.69) is 10.4 Å². The second-order valence-electron chi connectivity index (χ2n) is 8.07. The van der Waals surface area contributed by atoms with Crippen LogP contribution in [0.1, 0.15) is 54.9 Å². The number of rotatable bonds is 7. The minimum Gasteiger partial charge on any atom is -0.458 e. The summed E-state index contributed by atoms with van der Waals surface area (Å²) < 4.78 is 12.7. The molecule has 0 aliphatic heterocycles. The quantitative estimate of drug-likeness (QED) is 0.762. The Labute approximate surface area is 150 Å². The van der Waals surface area contributed by atoms with Gasteiger partial charge in [0, 0.05) is 25.4 Å². The standard InChI is InChI=1S/C18H31N3O4/c1-13(2)14(20-16(23)25-17(3,4)5)15(22)24-18(6,7)9-12-21-11-8-10-19-21/h8,10-11,13-14H,9,12H2,1-7H3,(H,20,23). The van der Waals surface area contributed by atoms with E-state index in [4.69, 9.17) is 9.47 Å². The zero-order valence-corrected chi connectivity index (χ0v) is 16.3. The number of aromatic nitrogens is 2. The molecule has 1 aromatic heterocycles. The average molecular weight is 353 g/mol. The fourth-order valence-corrected chi connectivity index (χ4v) is 2.14. The molecule has 1 atom stereocenters. The Balaban J connectivity index is 2.63. The Hall–Kier alpha value is -2.05. The van der Waals surface area contributed by atoms with Crippen molar-refractivity contribution < 1.29 is 19.1 Å². The molecule has 0 aromatic carbocycles. The highest BCUT2D eigenvalue weighted by Gasteiger charge is 2.32. The predicted octanol–water partition coefficient (Wildman–Crippen LogP) is 3.14. The molecule has 7 heteroatoms. The summed E-state index contributed by atoms with van der Waals surface area (Å²) in [5, 5.41) is 6.75. The maximum atomic E-state index is 12.5. The second kappa shape index (κ2) is 8.36. The highest BCUT2D eigenvalue weighted by Crippen LogP contribution is 2.18. The lowest BCUT2D eigenvalue weighted by Crippen LogP contribution is -2.49. The van der Waals surface area contributed by atoms with Crippen molar-refractivity contribution in [1.82, 2.24) is 15.1 Å². The molecule has 0 aliphatic carbocycles. The molecule has 1 unspecified atom stereocenters.